The van der Waals surface area contributed by atoms with Crippen LogP contribution in [0.15, 0.2) is 18.2 Å². The molecule has 0 radical (unpaired) electrons. The Morgan fingerprint density at radius 1 is 1.31 bits per heavy atom. The van der Waals surface area contributed by atoms with Crippen molar-refractivity contribution in [1.82, 2.24) is 5.32 Å². The maximum absolute atomic E-state index is 13.3. The Bertz CT molecular complexity index is 311. The third-order valence-electron chi connectivity index (χ3n) is 2.60. The molecule has 2 nitrogen and oxygen atoms in total. The van der Waals surface area contributed by atoms with Crippen molar-refractivity contribution < 1.29 is 13.9 Å². The SMILES string of the molecule is CCC(CCO)NCc1c(F)cccc1F. The van der Waals surface area contributed by atoms with Crippen LogP contribution in [0, 0.1) is 11.6 Å². The Balaban J connectivity index is 2.59. The van der Waals surface area contributed by atoms with Crippen LogP contribution >= 0.6 is 0 Å². The molecule has 1 aromatic carbocycles. The minimum absolute atomic E-state index is 0.0545. The fourth-order valence-corrected chi connectivity index (χ4v) is 1.55. The van der Waals surface area contributed by atoms with Crippen molar-refractivity contribution in [2.24, 2.45) is 0 Å². The second kappa shape index (κ2) is 6.55. The first kappa shape index (κ1) is 13.1. The number of benzene rings is 1. The van der Waals surface area contributed by atoms with Gasteiger partial charge in [-0.3, -0.25) is 0 Å². The molecule has 0 aliphatic rings. The molecule has 0 saturated carbocycles. The van der Waals surface area contributed by atoms with Crippen molar-refractivity contribution in [2.75, 3.05) is 6.61 Å². The molecule has 0 aliphatic heterocycles. The zero-order chi connectivity index (χ0) is 12.0. The van der Waals surface area contributed by atoms with Crippen LogP contribution in [0.2, 0.25) is 0 Å². The van der Waals surface area contributed by atoms with Gasteiger partial charge in [0.15, 0.2) is 0 Å². The summed E-state index contributed by atoms with van der Waals surface area (Å²) in [5, 5.41) is 11.8. The summed E-state index contributed by atoms with van der Waals surface area (Å²) >= 11 is 0. The van der Waals surface area contributed by atoms with Crippen LogP contribution in [0.5, 0.6) is 0 Å². The van der Waals surface area contributed by atoms with Gasteiger partial charge in [0.25, 0.3) is 0 Å². The summed E-state index contributed by atoms with van der Waals surface area (Å²) < 4.78 is 26.5. The van der Waals surface area contributed by atoms with Crippen molar-refractivity contribution in [2.45, 2.75) is 32.4 Å². The Morgan fingerprint density at radius 2 is 1.94 bits per heavy atom. The molecule has 1 rings (SSSR count). The molecule has 1 atom stereocenters. The van der Waals surface area contributed by atoms with Gasteiger partial charge in [-0.1, -0.05) is 13.0 Å². The number of halogens is 2. The van der Waals surface area contributed by atoms with E-state index in [0.29, 0.717) is 6.42 Å². The van der Waals surface area contributed by atoms with Crippen LogP contribution in [0.4, 0.5) is 8.78 Å². The van der Waals surface area contributed by atoms with Gasteiger partial charge in [-0.2, -0.15) is 0 Å². The molecule has 1 aromatic rings. The van der Waals surface area contributed by atoms with Crippen molar-refractivity contribution in [3.8, 4) is 0 Å². The van der Waals surface area contributed by atoms with Gasteiger partial charge in [0, 0.05) is 24.8 Å². The molecule has 0 aliphatic carbocycles. The molecule has 2 N–H and O–H groups in total. The van der Waals surface area contributed by atoms with Gasteiger partial charge in [0.2, 0.25) is 0 Å². The highest BCUT2D eigenvalue weighted by atomic mass is 19.1. The summed E-state index contributed by atoms with van der Waals surface area (Å²) in [4.78, 5) is 0. The summed E-state index contributed by atoms with van der Waals surface area (Å²) in [5.41, 5.74) is 0.0545. The van der Waals surface area contributed by atoms with E-state index in [1.165, 1.54) is 18.2 Å². The molecule has 0 aromatic heterocycles. The summed E-state index contributed by atoms with van der Waals surface area (Å²) in [6.07, 6.45) is 1.41. The topological polar surface area (TPSA) is 32.3 Å². The molecule has 0 heterocycles. The van der Waals surface area contributed by atoms with E-state index in [1.54, 1.807) is 0 Å². The van der Waals surface area contributed by atoms with Crippen LogP contribution in [-0.2, 0) is 6.54 Å². The Hall–Kier alpha value is -1.00. The fraction of sp³-hybridized carbons (Fsp3) is 0.500. The lowest BCUT2D eigenvalue weighted by Gasteiger charge is -2.16. The van der Waals surface area contributed by atoms with E-state index in [4.69, 9.17) is 5.11 Å². The van der Waals surface area contributed by atoms with Crippen molar-refractivity contribution >= 4 is 0 Å². The number of hydrogen-bond donors (Lipinski definition) is 2. The molecule has 0 bridgehead atoms. The third kappa shape index (κ3) is 3.54. The number of aliphatic hydroxyl groups excluding tert-OH is 1. The molecular formula is C12H17F2NO. The highest BCUT2D eigenvalue weighted by Crippen LogP contribution is 2.12. The first-order chi connectivity index (χ1) is 7.69. The maximum Gasteiger partial charge on any atom is 0.130 e. The molecule has 90 valence electrons. The smallest absolute Gasteiger partial charge is 0.130 e. The normalized spacial score (nSPS) is 12.8. The van der Waals surface area contributed by atoms with E-state index in [0.717, 1.165) is 6.42 Å². The predicted octanol–water partition coefficient (Wildman–Crippen LogP) is 2.22. The minimum atomic E-state index is -0.536. The summed E-state index contributed by atoms with van der Waals surface area (Å²) in [5.74, 6) is -1.07. The number of hydrogen-bond acceptors (Lipinski definition) is 2. The number of aliphatic hydroxyl groups is 1. The zero-order valence-corrected chi connectivity index (χ0v) is 9.34. The van der Waals surface area contributed by atoms with E-state index in [9.17, 15) is 8.78 Å². The van der Waals surface area contributed by atoms with E-state index < -0.39 is 11.6 Å². The van der Waals surface area contributed by atoms with Crippen LogP contribution in [0.25, 0.3) is 0 Å². The molecule has 1 unspecified atom stereocenters. The van der Waals surface area contributed by atoms with E-state index in [2.05, 4.69) is 5.32 Å². The van der Waals surface area contributed by atoms with Crippen molar-refractivity contribution in [1.29, 1.82) is 0 Å². The second-order valence-corrected chi connectivity index (χ2v) is 3.70. The Morgan fingerprint density at radius 3 is 2.44 bits per heavy atom. The lowest BCUT2D eigenvalue weighted by atomic mass is 10.1. The number of rotatable bonds is 6. The molecule has 16 heavy (non-hydrogen) atoms. The van der Waals surface area contributed by atoms with Gasteiger partial charge in [-0.15, -0.1) is 0 Å². The average Bonchev–Trinajstić information content (AvgIpc) is 2.27. The summed E-state index contributed by atoms with van der Waals surface area (Å²) in [7, 11) is 0. The van der Waals surface area contributed by atoms with Gasteiger partial charge in [0.05, 0.1) is 0 Å². The van der Waals surface area contributed by atoms with Crippen LogP contribution < -0.4 is 5.32 Å². The molecule has 0 fully saturated rings. The first-order valence-electron chi connectivity index (χ1n) is 5.46. The van der Waals surface area contributed by atoms with Gasteiger partial charge in [-0.05, 0) is 25.0 Å². The molecule has 0 spiro atoms. The van der Waals surface area contributed by atoms with Crippen molar-refractivity contribution in [3.63, 3.8) is 0 Å². The summed E-state index contributed by atoms with van der Waals surface area (Å²) in [6, 6.07) is 3.92. The lowest BCUT2D eigenvalue weighted by molar-refractivity contribution is 0.261. The van der Waals surface area contributed by atoms with E-state index in [1.807, 2.05) is 6.92 Å². The van der Waals surface area contributed by atoms with Crippen LogP contribution in [0.3, 0.4) is 0 Å². The van der Waals surface area contributed by atoms with Gasteiger partial charge in [0.1, 0.15) is 11.6 Å². The highest BCUT2D eigenvalue weighted by Gasteiger charge is 2.10. The molecular weight excluding hydrogens is 212 g/mol. The van der Waals surface area contributed by atoms with Gasteiger partial charge >= 0.3 is 0 Å². The average molecular weight is 229 g/mol. The van der Waals surface area contributed by atoms with E-state index in [-0.39, 0.29) is 24.8 Å². The lowest BCUT2D eigenvalue weighted by Crippen LogP contribution is -2.29. The Kier molecular flexibility index (Phi) is 5.35. The monoisotopic (exact) mass is 229 g/mol. The van der Waals surface area contributed by atoms with Crippen LogP contribution in [0.1, 0.15) is 25.3 Å². The standard InChI is InChI=1S/C12H17F2NO/c1-2-9(6-7-16)15-8-10-11(13)4-3-5-12(10)14/h3-5,9,15-16H,2,6-8H2,1H3. The largest absolute Gasteiger partial charge is 0.396 e. The Labute approximate surface area is 94.3 Å². The summed E-state index contributed by atoms with van der Waals surface area (Å²) in [6.45, 7) is 2.19. The minimum Gasteiger partial charge on any atom is -0.396 e. The molecule has 0 amide bonds. The predicted molar refractivity (Wildman–Crippen MR) is 59.0 cm³/mol. The number of nitrogens with one attached hydrogen (secondary N) is 1. The van der Waals surface area contributed by atoms with Crippen LogP contribution in [-0.4, -0.2) is 17.8 Å². The molecule has 4 heteroatoms. The third-order valence-corrected chi connectivity index (χ3v) is 2.60. The maximum atomic E-state index is 13.3. The quantitative estimate of drug-likeness (QED) is 0.784. The highest BCUT2D eigenvalue weighted by molar-refractivity contribution is 5.19. The molecule has 0 saturated heterocycles. The first-order valence-corrected chi connectivity index (χ1v) is 5.46. The second-order valence-electron chi connectivity index (χ2n) is 3.70. The van der Waals surface area contributed by atoms with Crippen molar-refractivity contribution in [3.05, 3.63) is 35.4 Å². The van der Waals surface area contributed by atoms with Gasteiger partial charge in [-0.25, -0.2) is 8.78 Å². The zero-order valence-electron chi connectivity index (χ0n) is 9.34. The van der Waals surface area contributed by atoms with Gasteiger partial charge < -0.3 is 10.4 Å². The fourth-order valence-electron chi connectivity index (χ4n) is 1.55. The van der Waals surface area contributed by atoms with E-state index >= 15 is 0 Å².